The van der Waals surface area contributed by atoms with Crippen molar-refractivity contribution in [1.29, 1.82) is 0 Å². The maximum atomic E-state index is 12.1. The summed E-state index contributed by atoms with van der Waals surface area (Å²) >= 11 is -0.183. The molecule has 1 aromatic carbocycles. The number of thioether (sulfide) groups is 1. The van der Waals surface area contributed by atoms with Crippen LogP contribution in [0, 0.1) is 0 Å². The highest BCUT2D eigenvalue weighted by Gasteiger charge is 2.29. The molecule has 1 aromatic rings. The number of alkyl halides is 3. The first-order valence-electron chi connectivity index (χ1n) is 5.96. The van der Waals surface area contributed by atoms with Crippen molar-refractivity contribution in [3.05, 3.63) is 24.3 Å². The van der Waals surface area contributed by atoms with Crippen LogP contribution in [0.15, 0.2) is 29.2 Å². The van der Waals surface area contributed by atoms with Gasteiger partial charge in [-0.3, -0.25) is 4.79 Å². The molecule has 7 heteroatoms. The quantitative estimate of drug-likeness (QED) is 0.835. The molecule has 112 valence electrons. The van der Waals surface area contributed by atoms with Gasteiger partial charge in [0.05, 0.1) is 6.54 Å². The maximum absolute atomic E-state index is 12.1. The summed E-state index contributed by atoms with van der Waals surface area (Å²) in [5.74, 6) is -0.240. The van der Waals surface area contributed by atoms with Crippen molar-refractivity contribution in [2.45, 2.75) is 36.7 Å². The van der Waals surface area contributed by atoms with Crippen molar-refractivity contribution in [2.24, 2.45) is 0 Å². The lowest BCUT2D eigenvalue weighted by atomic mass is 10.1. The van der Waals surface area contributed by atoms with E-state index in [2.05, 4.69) is 10.6 Å². The largest absolute Gasteiger partial charge is 0.446 e. The Kier molecular flexibility index (Phi) is 5.47. The summed E-state index contributed by atoms with van der Waals surface area (Å²) in [6, 6.07) is 5.54. The molecule has 3 nitrogen and oxygen atoms in total. The van der Waals surface area contributed by atoms with E-state index in [1.54, 1.807) is 0 Å². The van der Waals surface area contributed by atoms with Crippen molar-refractivity contribution in [3.8, 4) is 0 Å². The third-order valence-corrected chi connectivity index (χ3v) is 2.89. The fourth-order valence-corrected chi connectivity index (χ4v) is 1.83. The first kappa shape index (κ1) is 16.8. The number of amides is 1. The Labute approximate surface area is 120 Å². The number of carbonyl (C=O) groups excluding carboxylic acids is 1. The van der Waals surface area contributed by atoms with E-state index in [0.29, 0.717) is 5.69 Å². The average Bonchev–Trinajstić information content (AvgIpc) is 2.26. The molecule has 1 amide bonds. The Morgan fingerprint density at radius 1 is 1.15 bits per heavy atom. The average molecular weight is 306 g/mol. The molecule has 0 aromatic heterocycles. The lowest BCUT2D eigenvalue weighted by Crippen LogP contribution is -2.41. The fourth-order valence-electron chi connectivity index (χ4n) is 1.29. The van der Waals surface area contributed by atoms with Crippen LogP contribution < -0.4 is 10.6 Å². The zero-order valence-electron chi connectivity index (χ0n) is 11.5. The number of halogens is 3. The standard InChI is InChI=1S/C13H17F3N2OS/c1-12(2,3)17-8-11(19)18-9-4-6-10(7-5-9)20-13(14,15)16/h4-7,17H,8H2,1-3H3,(H,18,19). The van der Waals surface area contributed by atoms with Gasteiger partial charge < -0.3 is 10.6 Å². The van der Waals surface area contributed by atoms with E-state index in [1.165, 1.54) is 24.3 Å². The number of hydrogen-bond acceptors (Lipinski definition) is 3. The summed E-state index contributed by atoms with van der Waals surface area (Å²) in [6.45, 7) is 5.94. The van der Waals surface area contributed by atoms with Crippen LogP contribution in [0.25, 0.3) is 0 Å². The zero-order chi connectivity index (χ0) is 15.4. The Morgan fingerprint density at radius 2 is 1.70 bits per heavy atom. The lowest BCUT2D eigenvalue weighted by Gasteiger charge is -2.20. The fraction of sp³-hybridized carbons (Fsp3) is 0.462. The number of carbonyl (C=O) groups is 1. The molecule has 0 aliphatic carbocycles. The van der Waals surface area contributed by atoms with Gasteiger partial charge in [0.2, 0.25) is 5.91 Å². The highest BCUT2D eigenvalue weighted by Crippen LogP contribution is 2.36. The van der Waals surface area contributed by atoms with Gasteiger partial charge in [0.25, 0.3) is 0 Å². The van der Waals surface area contributed by atoms with Crippen molar-refractivity contribution in [1.82, 2.24) is 5.32 Å². The van der Waals surface area contributed by atoms with Crippen molar-refractivity contribution >= 4 is 23.4 Å². The highest BCUT2D eigenvalue weighted by atomic mass is 32.2. The predicted molar refractivity (Wildman–Crippen MR) is 74.7 cm³/mol. The van der Waals surface area contributed by atoms with Crippen molar-refractivity contribution in [3.63, 3.8) is 0 Å². The van der Waals surface area contributed by atoms with E-state index in [9.17, 15) is 18.0 Å². The van der Waals surface area contributed by atoms with E-state index in [-0.39, 0.29) is 34.6 Å². The van der Waals surface area contributed by atoms with E-state index < -0.39 is 5.51 Å². The van der Waals surface area contributed by atoms with Crippen molar-refractivity contribution in [2.75, 3.05) is 11.9 Å². The molecule has 0 radical (unpaired) electrons. The number of rotatable bonds is 4. The Balaban J connectivity index is 2.51. The maximum Gasteiger partial charge on any atom is 0.446 e. The molecule has 0 heterocycles. The Bertz CT molecular complexity index is 452. The summed E-state index contributed by atoms with van der Waals surface area (Å²) < 4.78 is 36.4. The molecule has 0 bridgehead atoms. The molecule has 2 N–H and O–H groups in total. The molecule has 0 spiro atoms. The lowest BCUT2D eigenvalue weighted by molar-refractivity contribution is -0.115. The van der Waals surface area contributed by atoms with Crippen LogP contribution in [0.5, 0.6) is 0 Å². The molecule has 0 aliphatic heterocycles. The summed E-state index contributed by atoms with van der Waals surface area (Å²) in [4.78, 5) is 11.7. The van der Waals surface area contributed by atoms with E-state index in [1.807, 2.05) is 20.8 Å². The van der Waals surface area contributed by atoms with Gasteiger partial charge in [0.15, 0.2) is 0 Å². The van der Waals surface area contributed by atoms with Crippen LogP contribution in [0.2, 0.25) is 0 Å². The Hall–Kier alpha value is -1.21. The van der Waals surface area contributed by atoms with E-state index in [0.717, 1.165) is 0 Å². The zero-order valence-corrected chi connectivity index (χ0v) is 12.3. The van der Waals surface area contributed by atoms with Gasteiger partial charge in [0.1, 0.15) is 0 Å². The molecule has 0 atom stereocenters. The second-order valence-electron chi connectivity index (χ2n) is 5.22. The second-order valence-corrected chi connectivity index (χ2v) is 6.36. The number of benzene rings is 1. The third-order valence-electron chi connectivity index (χ3n) is 2.15. The van der Waals surface area contributed by atoms with Crippen LogP contribution in [-0.2, 0) is 4.79 Å². The molecule has 20 heavy (non-hydrogen) atoms. The molecular formula is C13H17F3N2OS. The van der Waals surface area contributed by atoms with Gasteiger partial charge in [-0.15, -0.1) is 0 Å². The Morgan fingerprint density at radius 3 is 2.15 bits per heavy atom. The minimum Gasteiger partial charge on any atom is -0.325 e. The summed E-state index contributed by atoms with van der Waals surface area (Å²) in [5.41, 5.74) is -4.01. The third kappa shape index (κ3) is 7.40. The topological polar surface area (TPSA) is 41.1 Å². The highest BCUT2D eigenvalue weighted by molar-refractivity contribution is 8.00. The van der Waals surface area contributed by atoms with Crippen LogP contribution in [0.3, 0.4) is 0 Å². The monoisotopic (exact) mass is 306 g/mol. The van der Waals surface area contributed by atoms with Crippen molar-refractivity contribution < 1.29 is 18.0 Å². The molecular weight excluding hydrogens is 289 g/mol. The summed E-state index contributed by atoms with van der Waals surface area (Å²) in [7, 11) is 0. The van der Waals surface area contributed by atoms with Crippen LogP contribution >= 0.6 is 11.8 Å². The van der Waals surface area contributed by atoms with Gasteiger partial charge in [-0.2, -0.15) is 13.2 Å². The number of anilines is 1. The number of hydrogen-bond donors (Lipinski definition) is 2. The molecule has 0 unspecified atom stereocenters. The van der Waals surface area contributed by atoms with Crippen LogP contribution in [-0.4, -0.2) is 23.5 Å². The predicted octanol–water partition coefficient (Wildman–Crippen LogP) is 3.63. The smallest absolute Gasteiger partial charge is 0.325 e. The van der Waals surface area contributed by atoms with Gasteiger partial charge in [-0.05, 0) is 56.8 Å². The molecule has 0 fully saturated rings. The van der Waals surface area contributed by atoms with Gasteiger partial charge >= 0.3 is 5.51 Å². The first-order valence-corrected chi connectivity index (χ1v) is 6.77. The molecule has 1 rings (SSSR count). The van der Waals surface area contributed by atoms with Crippen LogP contribution in [0.1, 0.15) is 20.8 Å². The summed E-state index contributed by atoms with van der Waals surface area (Å²) in [6.07, 6.45) is 0. The molecule has 0 aliphatic rings. The summed E-state index contributed by atoms with van der Waals surface area (Å²) in [5, 5.41) is 5.63. The normalized spacial score (nSPS) is 12.3. The minimum atomic E-state index is -4.30. The van der Waals surface area contributed by atoms with Gasteiger partial charge in [-0.25, -0.2) is 0 Å². The van der Waals surface area contributed by atoms with Gasteiger partial charge in [-0.1, -0.05) is 0 Å². The second kappa shape index (κ2) is 6.49. The molecule has 0 saturated heterocycles. The SMILES string of the molecule is CC(C)(C)NCC(=O)Nc1ccc(SC(F)(F)F)cc1. The van der Waals surface area contributed by atoms with E-state index in [4.69, 9.17) is 0 Å². The first-order chi connectivity index (χ1) is 9.05. The van der Waals surface area contributed by atoms with Crippen LogP contribution in [0.4, 0.5) is 18.9 Å². The van der Waals surface area contributed by atoms with E-state index >= 15 is 0 Å². The van der Waals surface area contributed by atoms with Gasteiger partial charge in [0, 0.05) is 16.1 Å². The minimum absolute atomic E-state index is 0.0864. The molecule has 0 saturated carbocycles. The number of nitrogens with one attached hydrogen (secondary N) is 2.